The summed E-state index contributed by atoms with van der Waals surface area (Å²) < 4.78 is 39.3. The zero-order chi connectivity index (χ0) is 21.5. The van der Waals surface area contributed by atoms with E-state index in [1.54, 1.807) is 0 Å². The average molecular weight is 415 g/mol. The molecule has 8 heteroatoms. The molecule has 0 aliphatic carbocycles. The summed E-state index contributed by atoms with van der Waals surface area (Å²) in [6.45, 7) is -3.29. The molecular weight excluding hydrogens is 396 g/mol. The highest BCUT2D eigenvalue weighted by Gasteiger charge is 2.15. The predicted molar refractivity (Wildman–Crippen MR) is 106 cm³/mol. The molecule has 0 saturated heterocycles. The highest BCUT2D eigenvalue weighted by molar-refractivity contribution is 5.96. The van der Waals surface area contributed by atoms with E-state index in [0.717, 1.165) is 16.3 Å². The van der Waals surface area contributed by atoms with E-state index < -0.39 is 18.5 Å². The first-order valence-electron chi connectivity index (χ1n) is 9.01. The lowest BCUT2D eigenvalue weighted by Gasteiger charge is -2.12. The van der Waals surface area contributed by atoms with Crippen LogP contribution in [0, 0.1) is 0 Å². The molecule has 3 rings (SSSR count). The molecule has 0 aromatic heterocycles. The molecule has 0 saturated carbocycles. The fourth-order valence-corrected chi connectivity index (χ4v) is 2.88. The van der Waals surface area contributed by atoms with E-state index in [1.807, 2.05) is 42.5 Å². The van der Waals surface area contributed by atoms with E-state index in [-0.39, 0.29) is 30.2 Å². The molecule has 3 aromatic rings. The van der Waals surface area contributed by atoms with Crippen molar-refractivity contribution in [3.05, 3.63) is 71.8 Å². The van der Waals surface area contributed by atoms with Gasteiger partial charge in [-0.15, -0.1) is 0 Å². The number of carbonyl (C=O) groups is 2. The van der Waals surface area contributed by atoms with Gasteiger partial charge in [0.1, 0.15) is 13.2 Å². The van der Waals surface area contributed by atoms with Gasteiger partial charge in [0.25, 0.3) is 5.91 Å². The topological polar surface area (TPSA) is 73.9 Å². The van der Waals surface area contributed by atoms with Crippen molar-refractivity contribution in [1.82, 2.24) is 5.32 Å². The van der Waals surface area contributed by atoms with Gasteiger partial charge >= 0.3 is 12.6 Å². The molecule has 156 valence electrons. The van der Waals surface area contributed by atoms with Crippen molar-refractivity contribution >= 4 is 22.6 Å². The summed E-state index contributed by atoms with van der Waals surface area (Å²) >= 11 is 0. The predicted octanol–water partition coefficient (Wildman–Crippen LogP) is 3.92. The summed E-state index contributed by atoms with van der Waals surface area (Å²) in [6, 6.07) is 17.2. The number of alkyl halides is 2. The quantitative estimate of drug-likeness (QED) is 0.565. The van der Waals surface area contributed by atoms with Crippen molar-refractivity contribution in [2.75, 3.05) is 13.7 Å². The maximum Gasteiger partial charge on any atom is 0.387 e. The third-order valence-electron chi connectivity index (χ3n) is 4.30. The largest absolute Gasteiger partial charge is 0.493 e. The summed E-state index contributed by atoms with van der Waals surface area (Å²) in [5.41, 5.74) is 0.974. The van der Waals surface area contributed by atoms with Crippen LogP contribution in [-0.4, -0.2) is 32.1 Å². The first kappa shape index (κ1) is 21.0. The average Bonchev–Trinajstić information content (AvgIpc) is 2.75. The summed E-state index contributed by atoms with van der Waals surface area (Å²) in [4.78, 5) is 24.3. The number of hydrogen-bond donors (Lipinski definition) is 1. The van der Waals surface area contributed by atoms with Gasteiger partial charge < -0.3 is 19.5 Å². The Morgan fingerprint density at radius 2 is 1.77 bits per heavy atom. The number of hydrogen-bond acceptors (Lipinski definition) is 5. The lowest BCUT2D eigenvalue weighted by atomic mass is 10.1. The van der Waals surface area contributed by atoms with Crippen LogP contribution in [0.3, 0.4) is 0 Å². The first-order chi connectivity index (χ1) is 14.5. The second-order valence-electron chi connectivity index (χ2n) is 6.23. The number of nitrogens with one attached hydrogen (secondary N) is 1. The number of fused-ring (bicyclic) bond motifs is 1. The Hall–Kier alpha value is -3.68. The van der Waals surface area contributed by atoms with Gasteiger partial charge in [-0.25, -0.2) is 0 Å². The molecule has 0 heterocycles. The van der Waals surface area contributed by atoms with E-state index in [1.165, 1.54) is 25.3 Å². The van der Waals surface area contributed by atoms with Crippen LogP contribution in [0.15, 0.2) is 60.7 Å². The van der Waals surface area contributed by atoms with E-state index in [9.17, 15) is 18.4 Å². The molecule has 6 nitrogen and oxygen atoms in total. The molecule has 3 aromatic carbocycles. The maximum atomic E-state index is 12.4. The van der Waals surface area contributed by atoms with Gasteiger partial charge in [-0.3, -0.25) is 9.59 Å². The Kier molecular flexibility index (Phi) is 6.79. The lowest BCUT2D eigenvalue weighted by molar-refractivity contribution is -0.143. The monoisotopic (exact) mass is 415 g/mol. The van der Waals surface area contributed by atoms with Crippen LogP contribution in [-0.2, 0) is 16.1 Å². The van der Waals surface area contributed by atoms with Crippen LogP contribution in [0.1, 0.15) is 15.9 Å². The van der Waals surface area contributed by atoms with E-state index in [2.05, 4.69) is 10.1 Å². The Bertz CT molecular complexity index is 1050. The minimum Gasteiger partial charge on any atom is -0.493 e. The molecule has 1 N–H and O–H groups in total. The zero-order valence-corrected chi connectivity index (χ0v) is 16.1. The third-order valence-corrected chi connectivity index (χ3v) is 4.30. The molecule has 0 unspecified atom stereocenters. The van der Waals surface area contributed by atoms with Crippen LogP contribution in [0.2, 0.25) is 0 Å². The standard InChI is InChI=1S/C22H19F2NO5/c1-28-19-11-15(9-10-18(19)30-22(23)24)21(27)25-12-20(26)29-13-16-7-4-6-14-5-2-3-8-17(14)16/h2-11,22H,12-13H2,1H3,(H,25,27). The molecule has 0 aliphatic heterocycles. The Morgan fingerprint density at radius 3 is 2.53 bits per heavy atom. The Labute approximate surface area is 171 Å². The number of benzene rings is 3. The summed E-state index contributed by atoms with van der Waals surface area (Å²) in [7, 11) is 1.26. The number of ether oxygens (including phenoxy) is 3. The fourth-order valence-electron chi connectivity index (χ4n) is 2.88. The summed E-state index contributed by atoms with van der Waals surface area (Å²) in [6.07, 6.45) is 0. The van der Waals surface area contributed by atoms with Crippen LogP contribution in [0.4, 0.5) is 8.78 Å². The molecular formula is C22H19F2NO5. The van der Waals surface area contributed by atoms with Crippen molar-refractivity contribution in [2.24, 2.45) is 0 Å². The second-order valence-corrected chi connectivity index (χ2v) is 6.23. The van der Waals surface area contributed by atoms with Crippen molar-refractivity contribution in [3.8, 4) is 11.5 Å². The number of amides is 1. The van der Waals surface area contributed by atoms with Crippen molar-refractivity contribution in [3.63, 3.8) is 0 Å². The van der Waals surface area contributed by atoms with Crippen LogP contribution < -0.4 is 14.8 Å². The summed E-state index contributed by atoms with van der Waals surface area (Å²) in [5, 5.41) is 4.44. The molecule has 0 radical (unpaired) electrons. The molecule has 1 amide bonds. The molecule has 0 aliphatic rings. The number of carbonyl (C=O) groups excluding carboxylic acids is 2. The molecule has 0 atom stereocenters. The van der Waals surface area contributed by atoms with Gasteiger partial charge in [-0.05, 0) is 34.5 Å². The number of methoxy groups -OCH3 is 1. The minimum atomic E-state index is -3.02. The van der Waals surface area contributed by atoms with Crippen LogP contribution in [0.25, 0.3) is 10.8 Å². The maximum absolute atomic E-state index is 12.4. The first-order valence-corrected chi connectivity index (χ1v) is 9.01. The smallest absolute Gasteiger partial charge is 0.387 e. The van der Waals surface area contributed by atoms with Gasteiger partial charge in [-0.2, -0.15) is 8.78 Å². The van der Waals surface area contributed by atoms with Crippen molar-refractivity contribution in [1.29, 1.82) is 0 Å². The highest BCUT2D eigenvalue weighted by Crippen LogP contribution is 2.29. The Balaban J connectivity index is 1.56. The van der Waals surface area contributed by atoms with E-state index >= 15 is 0 Å². The lowest BCUT2D eigenvalue weighted by Crippen LogP contribution is -2.30. The van der Waals surface area contributed by atoms with E-state index in [4.69, 9.17) is 9.47 Å². The normalized spacial score (nSPS) is 10.7. The van der Waals surface area contributed by atoms with Gasteiger partial charge in [0.2, 0.25) is 0 Å². The van der Waals surface area contributed by atoms with Crippen LogP contribution in [0.5, 0.6) is 11.5 Å². The summed E-state index contributed by atoms with van der Waals surface area (Å²) in [5.74, 6) is -1.42. The number of rotatable bonds is 8. The number of halogens is 2. The van der Waals surface area contributed by atoms with E-state index in [0.29, 0.717) is 0 Å². The van der Waals surface area contributed by atoms with Crippen molar-refractivity contribution in [2.45, 2.75) is 13.2 Å². The van der Waals surface area contributed by atoms with Gasteiger partial charge in [0.05, 0.1) is 7.11 Å². The molecule has 30 heavy (non-hydrogen) atoms. The Morgan fingerprint density at radius 1 is 1.00 bits per heavy atom. The molecule has 0 bridgehead atoms. The molecule has 0 fully saturated rings. The van der Waals surface area contributed by atoms with Crippen LogP contribution >= 0.6 is 0 Å². The SMILES string of the molecule is COc1cc(C(=O)NCC(=O)OCc2cccc3ccccc23)ccc1OC(F)F. The van der Waals surface area contributed by atoms with Gasteiger partial charge in [0.15, 0.2) is 11.5 Å². The van der Waals surface area contributed by atoms with Crippen molar-refractivity contribution < 1.29 is 32.6 Å². The second kappa shape index (κ2) is 9.69. The number of esters is 1. The minimum absolute atomic E-state index is 0.0264. The zero-order valence-electron chi connectivity index (χ0n) is 16.1. The molecule has 0 spiro atoms. The van der Waals surface area contributed by atoms with Gasteiger partial charge in [-0.1, -0.05) is 42.5 Å². The highest BCUT2D eigenvalue weighted by atomic mass is 19.3. The van der Waals surface area contributed by atoms with Gasteiger partial charge in [0, 0.05) is 5.56 Å². The fraction of sp³-hybridized carbons (Fsp3) is 0.182. The third kappa shape index (κ3) is 5.22.